The molecular formula is C14H19N3O3. The fourth-order valence-electron chi connectivity index (χ4n) is 2.52. The minimum Gasteiger partial charge on any atom is -0.465 e. The summed E-state index contributed by atoms with van der Waals surface area (Å²) in [6.07, 6.45) is 1.71. The molecule has 0 saturated carbocycles. The first-order valence-corrected chi connectivity index (χ1v) is 6.55. The van der Waals surface area contributed by atoms with E-state index in [4.69, 9.17) is 11.5 Å². The zero-order chi connectivity index (χ0) is 14.7. The molecule has 1 aliphatic rings. The molecule has 0 bridgehead atoms. The Hall–Kier alpha value is -2.24. The van der Waals surface area contributed by atoms with Crippen molar-refractivity contribution in [2.24, 2.45) is 11.7 Å². The topological polar surface area (TPSA) is 98.6 Å². The number of hydrogen-bond acceptors (Lipinski definition) is 5. The molecule has 0 spiro atoms. The number of nitrogen functional groups attached to an aromatic ring is 1. The highest BCUT2D eigenvalue weighted by Gasteiger charge is 2.25. The van der Waals surface area contributed by atoms with Crippen molar-refractivity contribution in [3.05, 3.63) is 23.8 Å². The largest absolute Gasteiger partial charge is 0.465 e. The van der Waals surface area contributed by atoms with E-state index in [2.05, 4.69) is 4.74 Å². The van der Waals surface area contributed by atoms with Gasteiger partial charge in [-0.05, 0) is 31.0 Å². The van der Waals surface area contributed by atoms with E-state index in [1.807, 2.05) is 4.90 Å². The number of anilines is 2. The number of piperidine rings is 1. The highest BCUT2D eigenvalue weighted by Crippen LogP contribution is 2.29. The van der Waals surface area contributed by atoms with Gasteiger partial charge in [-0.15, -0.1) is 0 Å². The van der Waals surface area contributed by atoms with Gasteiger partial charge in [-0.25, -0.2) is 4.79 Å². The SMILES string of the molecule is COC(=O)c1ccc(N2CCCC(C(N)=O)C2)c(N)c1. The molecule has 0 aliphatic carbocycles. The second-order valence-corrected chi connectivity index (χ2v) is 4.95. The molecule has 1 aromatic rings. The molecule has 2 rings (SSSR count). The smallest absolute Gasteiger partial charge is 0.337 e. The highest BCUT2D eigenvalue weighted by molar-refractivity contribution is 5.92. The van der Waals surface area contributed by atoms with E-state index in [9.17, 15) is 9.59 Å². The van der Waals surface area contributed by atoms with E-state index in [0.717, 1.165) is 25.1 Å². The molecule has 1 saturated heterocycles. The molecule has 1 unspecified atom stereocenters. The number of nitrogens with two attached hydrogens (primary N) is 2. The van der Waals surface area contributed by atoms with Crippen LogP contribution in [0.1, 0.15) is 23.2 Å². The number of rotatable bonds is 3. The van der Waals surface area contributed by atoms with Crippen molar-refractivity contribution in [2.75, 3.05) is 30.8 Å². The molecule has 0 radical (unpaired) electrons. The normalized spacial score (nSPS) is 18.6. The van der Waals surface area contributed by atoms with Crippen molar-refractivity contribution in [1.82, 2.24) is 0 Å². The molecule has 6 heteroatoms. The van der Waals surface area contributed by atoms with Crippen LogP contribution in [-0.2, 0) is 9.53 Å². The number of methoxy groups -OCH3 is 1. The Bertz CT molecular complexity index is 530. The van der Waals surface area contributed by atoms with Crippen LogP contribution in [0.4, 0.5) is 11.4 Å². The summed E-state index contributed by atoms with van der Waals surface area (Å²) in [5, 5.41) is 0. The van der Waals surface area contributed by atoms with Gasteiger partial charge in [-0.1, -0.05) is 0 Å². The lowest BCUT2D eigenvalue weighted by Crippen LogP contribution is -2.41. The minimum absolute atomic E-state index is 0.150. The van der Waals surface area contributed by atoms with Gasteiger partial charge in [0.2, 0.25) is 5.91 Å². The number of esters is 1. The van der Waals surface area contributed by atoms with Crippen LogP contribution in [0.5, 0.6) is 0 Å². The third-order valence-corrected chi connectivity index (χ3v) is 3.61. The third-order valence-electron chi connectivity index (χ3n) is 3.61. The fourth-order valence-corrected chi connectivity index (χ4v) is 2.52. The fraction of sp³-hybridized carbons (Fsp3) is 0.429. The van der Waals surface area contributed by atoms with Crippen LogP contribution >= 0.6 is 0 Å². The second kappa shape index (κ2) is 5.81. The summed E-state index contributed by atoms with van der Waals surface area (Å²) in [5.41, 5.74) is 13.1. The van der Waals surface area contributed by atoms with Gasteiger partial charge in [0.15, 0.2) is 0 Å². The monoisotopic (exact) mass is 277 g/mol. The average Bonchev–Trinajstić information content (AvgIpc) is 2.46. The van der Waals surface area contributed by atoms with Gasteiger partial charge in [-0.3, -0.25) is 4.79 Å². The Labute approximate surface area is 117 Å². The number of primary amides is 1. The van der Waals surface area contributed by atoms with Crippen molar-refractivity contribution < 1.29 is 14.3 Å². The van der Waals surface area contributed by atoms with E-state index in [1.165, 1.54) is 7.11 Å². The summed E-state index contributed by atoms with van der Waals surface area (Å²) in [6.45, 7) is 1.39. The Morgan fingerprint density at radius 2 is 2.15 bits per heavy atom. The second-order valence-electron chi connectivity index (χ2n) is 4.95. The summed E-state index contributed by atoms with van der Waals surface area (Å²) in [4.78, 5) is 24.8. The number of ether oxygens (including phenoxy) is 1. The van der Waals surface area contributed by atoms with Gasteiger partial charge < -0.3 is 21.1 Å². The van der Waals surface area contributed by atoms with Crippen molar-refractivity contribution >= 4 is 23.3 Å². The van der Waals surface area contributed by atoms with Gasteiger partial charge >= 0.3 is 5.97 Å². The van der Waals surface area contributed by atoms with Crippen LogP contribution in [0, 0.1) is 5.92 Å². The lowest BCUT2D eigenvalue weighted by atomic mass is 9.96. The standard InChI is InChI=1S/C14H19N3O3/c1-20-14(19)9-4-5-12(11(15)7-9)17-6-2-3-10(8-17)13(16)18/h4-5,7,10H,2-3,6,8,15H2,1H3,(H2,16,18). The molecule has 1 heterocycles. The van der Waals surface area contributed by atoms with Crippen molar-refractivity contribution in [2.45, 2.75) is 12.8 Å². The molecule has 0 aromatic heterocycles. The zero-order valence-electron chi connectivity index (χ0n) is 11.5. The molecule has 20 heavy (non-hydrogen) atoms. The van der Waals surface area contributed by atoms with Crippen LogP contribution < -0.4 is 16.4 Å². The Kier molecular flexibility index (Phi) is 4.12. The lowest BCUT2D eigenvalue weighted by Gasteiger charge is -2.33. The van der Waals surface area contributed by atoms with Crippen LogP contribution in [-0.4, -0.2) is 32.1 Å². The molecule has 1 aromatic carbocycles. The first kappa shape index (κ1) is 14.2. The van der Waals surface area contributed by atoms with Crippen LogP contribution in [0.3, 0.4) is 0 Å². The maximum Gasteiger partial charge on any atom is 0.337 e. The van der Waals surface area contributed by atoms with E-state index < -0.39 is 5.97 Å². The van der Waals surface area contributed by atoms with Gasteiger partial charge in [0.1, 0.15) is 0 Å². The summed E-state index contributed by atoms with van der Waals surface area (Å²) in [7, 11) is 1.33. The molecule has 1 fully saturated rings. The first-order valence-electron chi connectivity index (χ1n) is 6.55. The Morgan fingerprint density at radius 1 is 1.40 bits per heavy atom. The average molecular weight is 277 g/mol. The van der Waals surface area contributed by atoms with Crippen molar-refractivity contribution in [1.29, 1.82) is 0 Å². The molecule has 1 aliphatic heterocycles. The number of carbonyl (C=O) groups is 2. The Morgan fingerprint density at radius 3 is 2.75 bits per heavy atom. The Balaban J connectivity index is 2.20. The summed E-state index contributed by atoms with van der Waals surface area (Å²) in [6, 6.07) is 5.05. The maximum absolute atomic E-state index is 11.4. The molecule has 1 amide bonds. The van der Waals surface area contributed by atoms with Gasteiger partial charge in [0.25, 0.3) is 0 Å². The number of nitrogens with zero attached hydrogens (tertiary/aromatic N) is 1. The summed E-state index contributed by atoms with van der Waals surface area (Å²) < 4.78 is 4.66. The molecule has 108 valence electrons. The number of hydrogen-bond donors (Lipinski definition) is 2. The predicted octanol–water partition coefficient (Wildman–Crippen LogP) is 0.757. The van der Waals surface area contributed by atoms with E-state index in [1.54, 1.807) is 18.2 Å². The van der Waals surface area contributed by atoms with Crippen LogP contribution in [0.25, 0.3) is 0 Å². The molecule has 1 atom stereocenters. The molecule has 6 nitrogen and oxygen atoms in total. The van der Waals surface area contributed by atoms with Gasteiger partial charge in [-0.2, -0.15) is 0 Å². The zero-order valence-corrected chi connectivity index (χ0v) is 11.5. The summed E-state index contributed by atoms with van der Waals surface area (Å²) >= 11 is 0. The maximum atomic E-state index is 11.4. The minimum atomic E-state index is -0.420. The number of carbonyl (C=O) groups excluding carboxylic acids is 2. The number of benzene rings is 1. The summed E-state index contributed by atoms with van der Waals surface area (Å²) in [5.74, 6) is -0.847. The third kappa shape index (κ3) is 2.84. The van der Waals surface area contributed by atoms with E-state index in [-0.39, 0.29) is 11.8 Å². The highest BCUT2D eigenvalue weighted by atomic mass is 16.5. The quantitative estimate of drug-likeness (QED) is 0.627. The van der Waals surface area contributed by atoms with Gasteiger partial charge in [0.05, 0.1) is 30.0 Å². The molecular weight excluding hydrogens is 258 g/mol. The van der Waals surface area contributed by atoms with Crippen LogP contribution in [0.2, 0.25) is 0 Å². The first-order chi connectivity index (χ1) is 9.52. The number of amides is 1. The van der Waals surface area contributed by atoms with Crippen LogP contribution in [0.15, 0.2) is 18.2 Å². The van der Waals surface area contributed by atoms with Crippen molar-refractivity contribution in [3.63, 3.8) is 0 Å². The molecule has 4 N–H and O–H groups in total. The predicted molar refractivity (Wildman–Crippen MR) is 76.3 cm³/mol. The van der Waals surface area contributed by atoms with E-state index in [0.29, 0.717) is 17.8 Å². The van der Waals surface area contributed by atoms with Crippen molar-refractivity contribution in [3.8, 4) is 0 Å². The lowest BCUT2D eigenvalue weighted by molar-refractivity contribution is -0.122. The van der Waals surface area contributed by atoms with E-state index >= 15 is 0 Å². The van der Waals surface area contributed by atoms with Gasteiger partial charge in [0, 0.05) is 13.1 Å².